The molecule has 3 rings (SSSR count). The molecule has 1 aromatic heterocycles. The second-order valence-corrected chi connectivity index (χ2v) is 9.64. The average molecular weight is 580 g/mol. The van der Waals surface area contributed by atoms with E-state index in [9.17, 15) is 34.2 Å². The Morgan fingerprint density at radius 1 is 0.786 bits per heavy atom. The summed E-state index contributed by atoms with van der Waals surface area (Å²) in [5.74, 6) is -4.74. The summed E-state index contributed by atoms with van der Waals surface area (Å²) in [6, 6.07) is 9.71. The number of phenols is 1. The van der Waals surface area contributed by atoms with Crippen molar-refractivity contribution in [3.8, 4) is 5.75 Å². The maximum absolute atomic E-state index is 13.4. The van der Waals surface area contributed by atoms with Crippen LogP contribution in [0.3, 0.4) is 0 Å². The van der Waals surface area contributed by atoms with Crippen LogP contribution in [0.25, 0.3) is 0 Å². The summed E-state index contributed by atoms with van der Waals surface area (Å²) < 4.78 is 0. The van der Waals surface area contributed by atoms with Gasteiger partial charge in [-0.2, -0.15) is 0 Å². The number of nitrogens with zero attached hydrogens (tertiary/aromatic N) is 1. The number of phenolic OH excluding ortho intramolecular Hbond substituents is 1. The minimum atomic E-state index is -1.55. The zero-order valence-corrected chi connectivity index (χ0v) is 22.5. The third-order valence-corrected chi connectivity index (χ3v) is 6.28. The SMILES string of the molecule is NC(=O)CC(NC(=O)C(Cc1ccc(O)cc1)NC(=O)C(N)Cc1ccccc1)C(=O)NC(Cc1cnc[nH]1)C(=O)O. The lowest BCUT2D eigenvalue weighted by atomic mass is 10.0. The van der Waals surface area contributed by atoms with Crippen LogP contribution in [0, 0.1) is 0 Å². The number of rotatable bonds is 15. The van der Waals surface area contributed by atoms with E-state index in [0.29, 0.717) is 11.3 Å². The molecule has 2 aromatic carbocycles. The monoisotopic (exact) mass is 579 g/mol. The number of aromatic amines is 1. The van der Waals surface area contributed by atoms with E-state index in [1.54, 1.807) is 36.4 Å². The lowest BCUT2D eigenvalue weighted by Gasteiger charge is -2.25. The number of aromatic hydroxyl groups is 1. The number of carboxylic acids is 1. The number of carbonyl (C=O) groups is 5. The number of imidazole rings is 1. The Labute approximate surface area is 240 Å². The Balaban J connectivity index is 1.77. The fraction of sp³-hybridized carbons (Fsp3) is 0.286. The first-order valence-electron chi connectivity index (χ1n) is 13.0. The van der Waals surface area contributed by atoms with Crippen LogP contribution in [0.4, 0.5) is 0 Å². The van der Waals surface area contributed by atoms with Gasteiger partial charge in [0.15, 0.2) is 0 Å². The number of hydrogen-bond acceptors (Lipinski definition) is 8. The van der Waals surface area contributed by atoms with Crippen molar-refractivity contribution in [2.45, 2.75) is 49.9 Å². The summed E-state index contributed by atoms with van der Waals surface area (Å²) >= 11 is 0. The average Bonchev–Trinajstić information content (AvgIpc) is 3.46. The summed E-state index contributed by atoms with van der Waals surface area (Å²) in [6.07, 6.45) is 2.10. The van der Waals surface area contributed by atoms with Crippen molar-refractivity contribution in [1.82, 2.24) is 25.9 Å². The highest BCUT2D eigenvalue weighted by Crippen LogP contribution is 2.12. The number of H-pyrrole nitrogens is 1. The second-order valence-electron chi connectivity index (χ2n) is 9.64. The van der Waals surface area contributed by atoms with E-state index < -0.39 is 60.2 Å². The number of nitrogens with two attached hydrogens (primary N) is 2. The molecule has 4 atom stereocenters. The number of hydrogen-bond donors (Lipinski definition) is 8. The molecule has 0 saturated carbocycles. The number of benzene rings is 2. The van der Waals surface area contributed by atoms with Crippen LogP contribution in [-0.2, 0) is 43.2 Å². The highest BCUT2D eigenvalue weighted by molar-refractivity contribution is 5.96. The van der Waals surface area contributed by atoms with E-state index in [4.69, 9.17) is 11.5 Å². The van der Waals surface area contributed by atoms with Gasteiger partial charge in [-0.05, 0) is 29.7 Å². The van der Waals surface area contributed by atoms with Gasteiger partial charge in [-0.3, -0.25) is 19.2 Å². The molecule has 3 aromatic rings. The van der Waals surface area contributed by atoms with Crippen molar-refractivity contribution in [2.24, 2.45) is 11.5 Å². The van der Waals surface area contributed by atoms with Gasteiger partial charge in [0.1, 0.15) is 23.9 Å². The highest BCUT2D eigenvalue weighted by Gasteiger charge is 2.31. The lowest BCUT2D eigenvalue weighted by molar-refractivity contribution is -0.142. The van der Waals surface area contributed by atoms with Crippen LogP contribution in [0.15, 0.2) is 67.1 Å². The van der Waals surface area contributed by atoms with Gasteiger partial charge in [0.25, 0.3) is 0 Å². The van der Waals surface area contributed by atoms with Crippen molar-refractivity contribution in [1.29, 1.82) is 0 Å². The molecule has 0 spiro atoms. The van der Waals surface area contributed by atoms with Gasteiger partial charge in [0.05, 0.1) is 18.8 Å². The fourth-order valence-corrected chi connectivity index (χ4v) is 4.09. The largest absolute Gasteiger partial charge is 0.508 e. The Morgan fingerprint density at radius 3 is 1.98 bits per heavy atom. The molecule has 0 saturated heterocycles. The molecule has 0 aliphatic heterocycles. The van der Waals surface area contributed by atoms with Crippen LogP contribution < -0.4 is 27.4 Å². The molecule has 0 aliphatic carbocycles. The molecule has 4 amide bonds. The first kappa shape index (κ1) is 31.3. The van der Waals surface area contributed by atoms with E-state index in [-0.39, 0.29) is 25.0 Å². The Bertz CT molecular complexity index is 1370. The molecule has 10 N–H and O–H groups in total. The zero-order chi connectivity index (χ0) is 30.6. The summed E-state index contributed by atoms with van der Waals surface area (Å²) in [5, 5.41) is 26.5. The Hall–Kier alpha value is -5.24. The van der Waals surface area contributed by atoms with Gasteiger partial charge in [0.2, 0.25) is 23.6 Å². The van der Waals surface area contributed by atoms with Gasteiger partial charge in [-0.25, -0.2) is 9.78 Å². The van der Waals surface area contributed by atoms with Gasteiger partial charge in [-0.15, -0.1) is 0 Å². The maximum atomic E-state index is 13.4. The molecule has 0 fully saturated rings. The Kier molecular flexibility index (Phi) is 11.1. The second kappa shape index (κ2) is 14.9. The molecule has 222 valence electrons. The molecular formula is C28H33N7O7. The van der Waals surface area contributed by atoms with E-state index in [0.717, 1.165) is 5.56 Å². The maximum Gasteiger partial charge on any atom is 0.326 e. The summed E-state index contributed by atoms with van der Waals surface area (Å²) in [4.78, 5) is 69.5. The van der Waals surface area contributed by atoms with Gasteiger partial charge in [0, 0.05) is 24.7 Å². The molecule has 1 heterocycles. The first-order valence-corrected chi connectivity index (χ1v) is 13.0. The van der Waals surface area contributed by atoms with Gasteiger partial charge in [-0.1, -0.05) is 42.5 Å². The molecule has 4 unspecified atom stereocenters. The minimum Gasteiger partial charge on any atom is -0.508 e. The minimum absolute atomic E-state index is 0.00465. The number of carbonyl (C=O) groups excluding carboxylic acids is 4. The zero-order valence-electron chi connectivity index (χ0n) is 22.5. The van der Waals surface area contributed by atoms with Crippen LogP contribution in [0.5, 0.6) is 5.75 Å². The van der Waals surface area contributed by atoms with Crippen molar-refractivity contribution in [3.63, 3.8) is 0 Å². The quantitative estimate of drug-likeness (QED) is 0.109. The van der Waals surface area contributed by atoms with Crippen molar-refractivity contribution < 1.29 is 34.2 Å². The number of amides is 4. The first-order chi connectivity index (χ1) is 20.0. The summed E-state index contributed by atoms with van der Waals surface area (Å²) in [5.41, 5.74) is 13.2. The van der Waals surface area contributed by atoms with Gasteiger partial charge < -0.3 is 42.6 Å². The highest BCUT2D eigenvalue weighted by atomic mass is 16.4. The van der Waals surface area contributed by atoms with Crippen molar-refractivity contribution in [3.05, 3.63) is 83.9 Å². The van der Waals surface area contributed by atoms with Crippen LogP contribution >= 0.6 is 0 Å². The predicted molar refractivity (Wildman–Crippen MR) is 149 cm³/mol. The number of aromatic nitrogens is 2. The van der Waals surface area contributed by atoms with Crippen LogP contribution in [-0.4, -0.2) is 73.9 Å². The fourth-order valence-electron chi connectivity index (χ4n) is 4.09. The van der Waals surface area contributed by atoms with E-state index in [2.05, 4.69) is 25.9 Å². The standard InChI is InChI=1S/C28H33N7O7/c29-20(10-16-4-2-1-3-5-16)25(38)33-21(11-17-6-8-19(36)9-7-17)26(39)34-22(13-24(30)37)27(40)35-23(28(41)42)12-18-14-31-15-32-18/h1-9,14-15,20-23,36H,10-13,29H2,(H2,30,37)(H,31,32)(H,33,38)(H,34,39)(H,35,40)(H,41,42). The normalized spacial score (nSPS) is 13.6. The molecule has 14 heteroatoms. The molecule has 0 bridgehead atoms. The van der Waals surface area contributed by atoms with Crippen LogP contribution in [0.2, 0.25) is 0 Å². The molecule has 0 aliphatic rings. The van der Waals surface area contributed by atoms with E-state index in [1.165, 1.54) is 24.7 Å². The summed E-state index contributed by atoms with van der Waals surface area (Å²) in [6.45, 7) is 0. The van der Waals surface area contributed by atoms with Crippen molar-refractivity contribution in [2.75, 3.05) is 0 Å². The van der Waals surface area contributed by atoms with E-state index in [1.807, 2.05) is 6.07 Å². The number of aliphatic carboxylic acids is 1. The third kappa shape index (κ3) is 9.75. The lowest BCUT2D eigenvalue weighted by Crippen LogP contribution is -2.58. The third-order valence-electron chi connectivity index (χ3n) is 6.28. The predicted octanol–water partition coefficient (Wildman–Crippen LogP) is -1.12. The molecule has 42 heavy (non-hydrogen) atoms. The van der Waals surface area contributed by atoms with E-state index >= 15 is 0 Å². The topological polar surface area (TPSA) is 243 Å². The van der Waals surface area contributed by atoms with Crippen LogP contribution in [0.1, 0.15) is 23.2 Å². The number of carboxylic acid groups (broad SMARTS) is 1. The Morgan fingerprint density at radius 2 is 1.38 bits per heavy atom. The van der Waals surface area contributed by atoms with Gasteiger partial charge >= 0.3 is 5.97 Å². The number of primary amides is 1. The smallest absolute Gasteiger partial charge is 0.326 e. The van der Waals surface area contributed by atoms with Crippen molar-refractivity contribution >= 4 is 29.6 Å². The molecular weight excluding hydrogens is 546 g/mol. The number of nitrogens with one attached hydrogen (secondary N) is 4. The summed E-state index contributed by atoms with van der Waals surface area (Å²) in [7, 11) is 0. The molecule has 14 nitrogen and oxygen atoms in total. The molecule has 0 radical (unpaired) electrons.